The molecule has 2 amide bonds. The molecule has 0 radical (unpaired) electrons. The van der Waals surface area contributed by atoms with Gasteiger partial charge in [-0.25, -0.2) is 0 Å². The highest BCUT2D eigenvalue weighted by Crippen LogP contribution is 2.32. The molecular weight excluding hydrogens is 356 g/mol. The third-order valence-electron chi connectivity index (χ3n) is 5.60. The number of piperidine rings is 1. The van der Waals surface area contributed by atoms with Crippen molar-refractivity contribution in [1.29, 1.82) is 0 Å². The summed E-state index contributed by atoms with van der Waals surface area (Å²) in [6, 6.07) is 9.22. The van der Waals surface area contributed by atoms with Gasteiger partial charge < -0.3 is 20.3 Å². The predicted octanol–water partition coefficient (Wildman–Crippen LogP) is 1.99. The van der Waals surface area contributed by atoms with Crippen LogP contribution in [0.2, 0.25) is 0 Å². The van der Waals surface area contributed by atoms with Crippen molar-refractivity contribution in [2.24, 2.45) is 0 Å². The van der Waals surface area contributed by atoms with Crippen LogP contribution in [-0.2, 0) is 16.0 Å². The molecule has 146 valence electrons. The molecule has 4 rings (SSSR count). The van der Waals surface area contributed by atoms with E-state index in [1.165, 1.54) is 0 Å². The van der Waals surface area contributed by atoms with E-state index in [2.05, 4.69) is 15.6 Å². The molecule has 2 aromatic rings. The summed E-state index contributed by atoms with van der Waals surface area (Å²) in [7, 11) is 1.59. The van der Waals surface area contributed by atoms with Crippen molar-refractivity contribution in [1.82, 2.24) is 10.3 Å². The molecule has 3 heterocycles. The topological polar surface area (TPSA) is 83.6 Å². The van der Waals surface area contributed by atoms with Crippen LogP contribution in [0, 0.1) is 0 Å². The SMILES string of the molecule is COC1(C(=O)Nc2ccc3c(c2)CCN3C(=O)c2cccnc2)CCNCC1. The molecule has 0 aliphatic carbocycles. The number of nitrogens with one attached hydrogen (secondary N) is 2. The molecule has 2 N–H and O–H groups in total. The maximum Gasteiger partial charge on any atom is 0.259 e. The largest absolute Gasteiger partial charge is 0.368 e. The minimum Gasteiger partial charge on any atom is -0.368 e. The number of aromatic nitrogens is 1. The molecular formula is C21H24N4O3. The summed E-state index contributed by atoms with van der Waals surface area (Å²) < 4.78 is 5.59. The summed E-state index contributed by atoms with van der Waals surface area (Å²) in [5, 5.41) is 6.26. The van der Waals surface area contributed by atoms with E-state index in [9.17, 15) is 9.59 Å². The second-order valence-electron chi connectivity index (χ2n) is 7.19. The molecule has 1 fully saturated rings. The molecule has 2 aliphatic rings. The fraction of sp³-hybridized carbons (Fsp3) is 0.381. The molecule has 1 aromatic heterocycles. The Labute approximate surface area is 164 Å². The number of fused-ring (bicyclic) bond motifs is 1. The van der Waals surface area contributed by atoms with Crippen molar-refractivity contribution in [3.05, 3.63) is 53.9 Å². The summed E-state index contributed by atoms with van der Waals surface area (Å²) in [6.45, 7) is 2.14. The molecule has 7 nitrogen and oxygen atoms in total. The van der Waals surface area contributed by atoms with E-state index in [0.717, 1.165) is 36.4 Å². The van der Waals surface area contributed by atoms with Crippen molar-refractivity contribution in [2.45, 2.75) is 24.9 Å². The molecule has 0 unspecified atom stereocenters. The third kappa shape index (κ3) is 3.39. The molecule has 1 aromatic carbocycles. The molecule has 1 saturated heterocycles. The Morgan fingerprint density at radius 1 is 1.25 bits per heavy atom. The number of amides is 2. The van der Waals surface area contributed by atoms with Crippen molar-refractivity contribution < 1.29 is 14.3 Å². The van der Waals surface area contributed by atoms with Crippen molar-refractivity contribution >= 4 is 23.2 Å². The van der Waals surface area contributed by atoms with Crippen LogP contribution in [0.25, 0.3) is 0 Å². The summed E-state index contributed by atoms with van der Waals surface area (Å²) in [5.74, 6) is -0.172. The van der Waals surface area contributed by atoms with Crippen molar-refractivity contribution in [3.8, 4) is 0 Å². The van der Waals surface area contributed by atoms with Gasteiger partial charge in [-0.15, -0.1) is 0 Å². The lowest BCUT2D eigenvalue weighted by Gasteiger charge is -2.34. The van der Waals surface area contributed by atoms with Gasteiger partial charge in [0.15, 0.2) is 0 Å². The number of hydrogen-bond donors (Lipinski definition) is 2. The van der Waals surface area contributed by atoms with Crippen LogP contribution >= 0.6 is 0 Å². The van der Waals surface area contributed by atoms with Crippen LogP contribution in [-0.4, -0.2) is 49.1 Å². The highest BCUT2D eigenvalue weighted by atomic mass is 16.5. The van der Waals surface area contributed by atoms with Gasteiger partial charge in [0.1, 0.15) is 5.60 Å². The highest BCUT2D eigenvalue weighted by Gasteiger charge is 2.39. The number of methoxy groups -OCH3 is 1. The smallest absolute Gasteiger partial charge is 0.259 e. The zero-order chi connectivity index (χ0) is 19.6. The van der Waals surface area contributed by atoms with Gasteiger partial charge >= 0.3 is 0 Å². The zero-order valence-electron chi connectivity index (χ0n) is 15.9. The first-order valence-electron chi connectivity index (χ1n) is 9.55. The monoisotopic (exact) mass is 380 g/mol. The Morgan fingerprint density at radius 2 is 2.07 bits per heavy atom. The molecule has 0 saturated carbocycles. The number of rotatable bonds is 4. The molecule has 7 heteroatoms. The minimum atomic E-state index is -0.785. The molecule has 0 spiro atoms. The normalized spacial score (nSPS) is 17.8. The summed E-state index contributed by atoms with van der Waals surface area (Å²) in [4.78, 5) is 31.4. The number of hydrogen-bond acceptors (Lipinski definition) is 5. The number of carbonyl (C=O) groups excluding carboxylic acids is 2. The quantitative estimate of drug-likeness (QED) is 0.848. The second-order valence-corrected chi connectivity index (χ2v) is 7.19. The van der Waals surface area contributed by atoms with Gasteiger partial charge in [-0.1, -0.05) is 0 Å². The number of carbonyl (C=O) groups is 2. The number of nitrogens with zero attached hydrogens (tertiary/aromatic N) is 2. The van der Waals surface area contributed by atoms with Crippen LogP contribution in [0.4, 0.5) is 11.4 Å². The van der Waals surface area contributed by atoms with E-state index in [1.807, 2.05) is 18.2 Å². The lowest BCUT2D eigenvalue weighted by atomic mass is 9.91. The minimum absolute atomic E-state index is 0.0586. The van der Waals surface area contributed by atoms with Crippen LogP contribution in [0.1, 0.15) is 28.8 Å². The number of ether oxygens (including phenoxy) is 1. The first kappa shape index (κ1) is 18.6. The number of anilines is 2. The van der Waals surface area contributed by atoms with Gasteiger partial charge in [0.2, 0.25) is 0 Å². The molecule has 0 bridgehead atoms. The Kier molecular flexibility index (Phi) is 5.11. The van der Waals surface area contributed by atoms with E-state index >= 15 is 0 Å². The lowest BCUT2D eigenvalue weighted by Crippen LogP contribution is -2.51. The van der Waals surface area contributed by atoms with Crippen molar-refractivity contribution in [2.75, 3.05) is 37.0 Å². The maximum absolute atomic E-state index is 12.8. The third-order valence-corrected chi connectivity index (χ3v) is 5.60. The fourth-order valence-electron chi connectivity index (χ4n) is 3.94. The average molecular weight is 380 g/mol. The standard InChI is InChI=1S/C21H24N4O3/c1-28-21(7-10-22-11-8-21)20(27)24-17-4-5-18-15(13-17)6-12-25(18)19(26)16-3-2-9-23-14-16/h2-5,9,13-14,22H,6-8,10-12H2,1H3,(H,24,27). The van der Waals surface area contributed by atoms with Gasteiger partial charge in [0.05, 0.1) is 5.56 Å². The average Bonchev–Trinajstić information content (AvgIpc) is 3.17. The Morgan fingerprint density at radius 3 is 2.79 bits per heavy atom. The van der Waals surface area contributed by atoms with Crippen molar-refractivity contribution in [3.63, 3.8) is 0 Å². The van der Waals surface area contributed by atoms with Gasteiger partial charge in [-0.2, -0.15) is 0 Å². The van der Waals surface area contributed by atoms with Crippen LogP contribution in [0.3, 0.4) is 0 Å². The Balaban J connectivity index is 1.51. The van der Waals surface area contributed by atoms with Gasteiger partial charge in [-0.05, 0) is 68.2 Å². The van der Waals surface area contributed by atoms with E-state index < -0.39 is 5.60 Å². The van der Waals surface area contributed by atoms with E-state index in [-0.39, 0.29) is 11.8 Å². The fourth-order valence-corrected chi connectivity index (χ4v) is 3.94. The maximum atomic E-state index is 12.8. The first-order chi connectivity index (χ1) is 13.6. The molecule has 28 heavy (non-hydrogen) atoms. The molecule has 2 aliphatic heterocycles. The predicted molar refractivity (Wildman–Crippen MR) is 107 cm³/mol. The number of benzene rings is 1. The summed E-state index contributed by atoms with van der Waals surface area (Å²) in [5.41, 5.74) is 2.45. The van der Waals surface area contributed by atoms with Crippen LogP contribution in [0.15, 0.2) is 42.7 Å². The summed E-state index contributed by atoms with van der Waals surface area (Å²) in [6.07, 6.45) is 5.28. The molecule has 0 atom stereocenters. The first-order valence-corrected chi connectivity index (χ1v) is 9.55. The van der Waals surface area contributed by atoms with Crippen LogP contribution in [0.5, 0.6) is 0 Å². The van der Waals surface area contributed by atoms with E-state index in [0.29, 0.717) is 24.9 Å². The second kappa shape index (κ2) is 7.69. The Hall–Kier alpha value is -2.77. The zero-order valence-corrected chi connectivity index (χ0v) is 15.9. The van der Waals surface area contributed by atoms with Gasteiger partial charge in [0.25, 0.3) is 11.8 Å². The lowest BCUT2D eigenvalue weighted by molar-refractivity contribution is -0.140. The highest BCUT2D eigenvalue weighted by molar-refractivity contribution is 6.07. The van der Waals surface area contributed by atoms with Gasteiger partial charge in [0, 0.05) is 37.4 Å². The van der Waals surface area contributed by atoms with Gasteiger partial charge in [-0.3, -0.25) is 14.6 Å². The Bertz CT molecular complexity index is 878. The number of pyridine rings is 1. The van der Waals surface area contributed by atoms with E-state index in [4.69, 9.17) is 4.74 Å². The van der Waals surface area contributed by atoms with E-state index in [1.54, 1.807) is 36.5 Å². The summed E-state index contributed by atoms with van der Waals surface area (Å²) >= 11 is 0. The van der Waals surface area contributed by atoms with Crippen LogP contribution < -0.4 is 15.5 Å².